The minimum Gasteiger partial charge on any atom is -0.302 e. The Bertz CT molecular complexity index is 1170. The van der Waals surface area contributed by atoms with Crippen molar-refractivity contribution in [3.63, 3.8) is 0 Å². The van der Waals surface area contributed by atoms with Crippen LogP contribution in [0.15, 0.2) is 42.5 Å². The van der Waals surface area contributed by atoms with Gasteiger partial charge in [0.05, 0.1) is 9.62 Å². The van der Waals surface area contributed by atoms with Crippen LogP contribution in [0.25, 0.3) is 16.3 Å². The van der Waals surface area contributed by atoms with Crippen LogP contribution in [0.2, 0.25) is 0 Å². The second kappa shape index (κ2) is 11.8. The van der Waals surface area contributed by atoms with Crippen molar-refractivity contribution in [3.8, 4) is 0 Å². The predicted molar refractivity (Wildman–Crippen MR) is 129 cm³/mol. The van der Waals surface area contributed by atoms with Crippen LogP contribution in [0.5, 0.6) is 0 Å². The Labute approximate surface area is 199 Å². The van der Waals surface area contributed by atoms with Gasteiger partial charge in [0.15, 0.2) is 10.9 Å². The van der Waals surface area contributed by atoms with Crippen LogP contribution < -0.4 is 4.90 Å². The molecule has 1 amide bonds. The number of benzene rings is 2. The van der Waals surface area contributed by atoms with E-state index in [0.29, 0.717) is 23.4 Å². The Hall–Kier alpha value is -2.95. The van der Waals surface area contributed by atoms with Gasteiger partial charge >= 0.3 is 0 Å². The summed E-state index contributed by atoms with van der Waals surface area (Å²) in [4.78, 5) is 31.3. The highest BCUT2D eigenvalue weighted by atomic mass is 35.5. The quantitative estimate of drug-likeness (QED) is 0.228. The molecule has 3 aromatic rings. The Morgan fingerprint density at radius 3 is 2.58 bits per heavy atom. The number of carbonyl (C=O) groups excluding carboxylic acids is 1. The molecule has 1 aromatic heterocycles. The number of thiazole rings is 1. The summed E-state index contributed by atoms with van der Waals surface area (Å²) in [5.41, 5.74) is 0.421. The second-order valence-corrected chi connectivity index (χ2v) is 7.94. The molecule has 3 rings (SSSR count). The molecule has 0 aliphatic heterocycles. The molecule has 0 aliphatic rings. The van der Waals surface area contributed by atoms with E-state index in [4.69, 9.17) is 0 Å². The van der Waals surface area contributed by atoms with Crippen molar-refractivity contribution < 1.29 is 18.5 Å². The van der Waals surface area contributed by atoms with Crippen LogP contribution in [0, 0.1) is 21.7 Å². The molecular weight excluding hydrogens is 474 g/mol. The van der Waals surface area contributed by atoms with Gasteiger partial charge in [-0.15, -0.1) is 12.4 Å². The molecule has 0 unspecified atom stereocenters. The number of carbonyl (C=O) groups is 1. The number of rotatable bonds is 9. The maximum absolute atomic E-state index is 14.1. The van der Waals surface area contributed by atoms with E-state index in [2.05, 4.69) is 9.88 Å². The van der Waals surface area contributed by atoms with Gasteiger partial charge in [0.25, 0.3) is 11.6 Å². The van der Waals surface area contributed by atoms with E-state index >= 15 is 0 Å². The third-order valence-corrected chi connectivity index (χ3v) is 5.96. The van der Waals surface area contributed by atoms with Gasteiger partial charge in [-0.05, 0) is 30.8 Å². The molecule has 0 fully saturated rings. The molecule has 0 saturated heterocycles. The van der Waals surface area contributed by atoms with Gasteiger partial charge in [-0.3, -0.25) is 19.8 Å². The largest absolute Gasteiger partial charge is 0.302 e. The number of non-ortho nitro benzene ring substituents is 1. The molecular formula is C22H23ClF2N4O3S. The summed E-state index contributed by atoms with van der Waals surface area (Å²) in [5.74, 6) is -1.91. The number of fused-ring (bicyclic) bond motifs is 1. The maximum Gasteiger partial charge on any atom is 0.270 e. The van der Waals surface area contributed by atoms with Gasteiger partial charge < -0.3 is 4.90 Å². The fraction of sp³-hybridized carbons (Fsp3) is 0.273. The molecule has 0 N–H and O–H groups in total. The third kappa shape index (κ3) is 6.53. The first-order valence-corrected chi connectivity index (χ1v) is 10.9. The number of nitro groups is 1. The fourth-order valence-electron chi connectivity index (χ4n) is 3.14. The molecule has 0 bridgehead atoms. The van der Waals surface area contributed by atoms with Crippen LogP contribution in [-0.4, -0.2) is 46.9 Å². The van der Waals surface area contributed by atoms with Crippen LogP contribution in [-0.2, 0) is 4.79 Å². The summed E-state index contributed by atoms with van der Waals surface area (Å²) in [6.07, 6.45) is 2.78. The van der Waals surface area contributed by atoms with E-state index in [-0.39, 0.29) is 28.7 Å². The number of hydrogen-bond donors (Lipinski definition) is 0. The standard InChI is InChI=1S/C22H22F2N4O3S.ClH/c1-3-26(4-2)10-11-27(22-25-21-18(24)13-16(23)14-19(21)32-22)20(29)9-8-15-6-5-7-17(12-15)28(30)31;/h5-9,12-14H,3-4,10-11H2,1-2H3;1H. The molecule has 0 atom stereocenters. The van der Waals surface area contributed by atoms with Gasteiger partial charge in [-0.25, -0.2) is 13.8 Å². The Morgan fingerprint density at radius 2 is 1.91 bits per heavy atom. The van der Waals surface area contributed by atoms with Crippen molar-refractivity contribution in [2.45, 2.75) is 13.8 Å². The van der Waals surface area contributed by atoms with Crippen molar-refractivity contribution in [2.75, 3.05) is 31.1 Å². The highest BCUT2D eigenvalue weighted by molar-refractivity contribution is 7.22. The lowest BCUT2D eigenvalue weighted by molar-refractivity contribution is -0.384. The summed E-state index contributed by atoms with van der Waals surface area (Å²) in [5, 5.41) is 11.2. The highest BCUT2D eigenvalue weighted by Gasteiger charge is 2.20. The molecule has 11 heteroatoms. The molecule has 0 aliphatic carbocycles. The average Bonchev–Trinajstić information content (AvgIpc) is 3.19. The zero-order valence-corrected chi connectivity index (χ0v) is 19.7. The van der Waals surface area contributed by atoms with E-state index in [0.717, 1.165) is 30.5 Å². The molecule has 2 aromatic carbocycles. The lowest BCUT2D eigenvalue weighted by Gasteiger charge is -2.23. The first kappa shape index (κ1) is 26.3. The van der Waals surface area contributed by atoms with Crippen LogP contribution in [0.1, 0.15) is 19.4 Å². The SMILES string of the molecule is CCN(CC)CCN(C(=O)C=Cc1cccc([N+](=O)[O-])c1)c1nc2c(F)cc(F)cc2s1.Cl. The molecule has 0 saturated carbocycles. The topological polar surface area (TPSA) is 79.6 Å². The smallest absolute Gasteiger partial charge is 0.270 e. The Morgan fingerprint density at radius 1 is 1.18 bits per heavy atom. The summed E-state index contributed by atoms with van der Waals surface area (Å²) in [7, 11) is 0. The molecule has 0 spiro atoms. The van der Waals surface area contributed by atoms with E-state index in [1.165, 1.54) is 41.3 Å². The molecule has 0 radical (unpaired) electrons. The van der Waals surface area contributed by atoms with Gasteiger partial charge in [-0.2, -0.15) is 0 Å². The van der Waals surface area contributed by atoms with E-state index in [1.54, 1.807) is 6.07 Å². The van der Waals surface area contributed by atoms with Gasteiger partial charge in [0, 0.05) is 37.4 Å². The average molecular weight is 497 g/mol. The minimum atomic E-state index is -0.786. The maximum atomic E-state index is 14.1. The van der Waals surface area contributed by atoms with E-state index in [1.807, 2.05) is 13.8 Å². The molecule has 1 heterocycles. The fourth-order valence-corrected chi connectivity index (χ4v) is 4.18. The van der Waals surface area contributed by atoms with Gasteiger partial charge in [0.2, 0.25) is 0 Å². The molecule has 176 valence electrons. The minimum absolute atomic E-state index is 0. The summed E-state index contributed by atoms with van der Waals surface area (Å²) in [6.45, 7) is 6.46. The van der Waals surface area contributed by atoms with E-state index < -0.39 is 22.5 Å². The zero-order chi connectivity index (χ0) is 23.3. The van der Waals surface area contributed by atoms with Crippen molar-refractivity contribution in [1.29, 1.82) is 0 Å². The summed E-state index contributed by atoms with van der Waals surface area (Å²) in [6, 6.07) is 7.85. The first-order chi connectivity index (χ1) is 15.3. The number of nitro benzene ring substituents is 1. The number of nitrogens with zero attached hydrogens (tertiary/aromatic N) is 4. The first-order valence-electron chi connectivity index (χ1n) is 10.0. The molecule has 33 heavy (non-hydrogen) atoms. The Kier molecular flexibility index (Phi) is 9.39. The van der Waals surface area contributed by atoms with E-state index in [9.17, 15) is 23.7 Å². The number of aromatic nitrogens is 1. The number of amides is 1. The normalized spacial score (nSPS) is 11.2. The second-order valence-electron chi connectivity index (χ2n) is 6.93. The van der Waals surface area contributed by atoms with Crippen molar-refractivity contribution in [2.24, 2.45) is 0 Å². The lowest BCUT2D eigenvalue weighted by Crippen LogP contribution is -2.38. The van der Waals surface area contributed by atoms with Gasteiger partial charge in [0.1, 0.15) is 11.3 Å². The molecule has 7 nitrogen and oxygen atoms in total. The zero-order valence-electron chi connectivity index (χ0n) is 18.0. The monoisotopic (exact) mass is 496 g/mol. The summed E-state index contributed by atoms with van der Waals surface area (Å²) >= 11 is 1.03. The number of hydrogen-bond acceptors (Lipinski definition) is 6. The third-order valence-electron chi connectivity index (χ3n) is 4.93. The summed E-state index contributed by atoms with van der Waals surface area (Å²) < 4.78 is 28.1. The number of likely N-dealkylation sites (N-methyl/N-ethyl adjacent to an activating group) is 1. The van der Waals surface area contributed by atoms with Crippen molar-refractivity contribution in [1.82, 2.24) is 9.88 Å². The highest BCUT2D eigenvalue weighted by Crippen LogP contribution is 2.31. The van der Waals surface area contributed by atoms with Crippen LogP contribution >= 0.6 is 23.7 Å². The predicted octanol–water partition coefficient (Wildman–Crippen LogP) is 5.29. The van der Waals surface area contributed by atoms with Crippen molar-refractivity contribution in [3.05, 3.63) is 69.8 Å². The van der Waals surface area contributed by atoms with Crippen LogP contribution in [0.4, 0.5) is 19.6 Å². The van der Waals surface area contributed by atoms with Crippen molar-refractivity contribution >= 4 is 56.8 Å². The Balaban J connectivity index is 0.00000385. The number of anilines is 1. The lowest BCUT2D eigenvalue weighted by atomic mass is 10.2. The number of halogens is 3. The van der Waals surface area contributed by atoms with Crippen LogP contribution in [0.3, 0.4) is 0 Å². The van der Waals surface area contributed by atoms with Gasteiger partial charge in [-0.1, -0.05) is 37.3 Å².